The van der Waals surface area contributed by atoms with Crippen LogP contribution >= 0.6 is 0 Å². The van der Waals surface area contributed by atoms with Crippen LogP contribution in [0.25, 0.3) is 0 Å². The molecular formula is C21H28O6. The highest BCUT2D eigenvalue weighted by atomic mass is 16.6. The van der Waals surface area contributed by atoms with Crippen molar-refractivity contribution in [2.24, 2.45) is 10.8 Å². The minimum absolute atomic E-state index is 0.00960. The summed E-state index contributed by atoms with van der Waals surface area (Å²) in [4.78, 5) is 12.4. The molecule has 3 fully saturated rings. The molecule has 27 heavy (non-hydrogen) atoms. The molecule has 2 bridgehead atoms. The van der Waals surface area contributed by atoms with Crippen molar-refractivity contribution in [1.29, 1.82) is 0 Å². The fourth-order valence-electron chi connectivity index (χ4n) is 5.53. The number of aliphatic hydroxyl groups is 2. The Labute approximate surface area is 159 Å². The van der Waals surface area contributed by atoms with Gasteiger partial charge in [-0.3, -0.25) is 0 Å². The Balaban J connectivity index is 1.71. The quantitative estimate of drug-likeness (QED) is 0.255. The van der Waals surface area contributed by atoms with Crippen molar-refractivity contribution in [3.8, 4) is 0 Å². The lowest BCUT2D eigenvalue weighted by atomic mass is 9.52. The molecule has 0 aromatic heterocycles. The molecule has 0 radical (unpaired) electrons. The molecule has 2 saturated heterocycles. The lowest BCUT2D eigenvalue weighted by Crippen LogP contribution is -2.63. The summed E-state index contributed by atoms with van der Waals surface area (Å²) >= 11 is 0. The van der Waals surface area contributed by atoms with Gasteiger partial charge in [0.05, 0.1) is 19.3 Å². The molecule has 0 unspecified atom stereocenters. The van der Waals surface area contributed by atoms with E-state index in [-0.39, 0.29) is 18.1 Å². The minimum atomic E-state index is -0.954. The first-order chi connectivity index (χ1) is 12.8. The Kier molecular flexibility index (Phi) is 4.38. The number of allylic oxidation sites excluding steroid dienone is 3. The predicted octanol–water partition coefficient (Wildman–Crippen LogP) is 1.67. The summed E-state index contributed by atoms with van der Waals surface area (Å²) in [6.07, 6.45) is 7.59. The zero-order chi connectivity index (χ0) is 19.4. The number of fused-ring (bicyclic) bond motifs is 2. The molecule has 4 rings (SSSR count). The van der Waals surface area contributed by atoms with Crippen LogP contribution in [-0.2, 0) is 19.0 Å². The number of aliphatic hydroxyl groups excluding tert-OH is 2. The minimum Gasteiger partial charge on any atom is -0.456 e. The van der Waals surface area contributed by atoms with Gasteiger partial charge in [-0.25, -0.2) is 4.79 Å². The van der Waals surface area contributed by atoms with Crippen LogP contribution in [0.3, 0.4) is 0 Å². The van der Waals surface area contributed by atoms with Gasteiger partial charge in [-0.2, -0.15) is 0 Å². The normalized spacial score (nSPS) is 48.1. The molecule has 0 aromatic carbocycles. The molecule has 148 valence electrons. The Bertz CT molecular complexity index is 720. The molecule has 1 saturated carbocycles. The third-order valence-corrected chi connectivity index (χ3v) is 7.43. The van der Waals surface area contributed by atoms with E-state index < -0.39 is 35.3 Å². The van der Waals surface area contributed by atoms with Crippen LogP contribution in [0.15, 0.2) is 36.0 Å². The number of carbonyl (C=O) groups excluding carboxylic acids is 1. The van der Waals surface area contributed by atoms with Gasteiger partial charge < -0.3 is 24.4 Å². The van der Waals surface area contributed by atoms with Gasteiger partial charge in [0.1, 0.15) is 23.9 Å². The zero-order valence-electron chi connectivity index (χ0n) is 16.1. The van der Waals surface area contributed by atoms with Gasteiger partial charge in [0.15, 0.2) is 0 Å². The number of rotatable bonds is 4. The molecule has 2 aliphatic heterocycles. The fraction of sp³-hybridized carbons (Fsp3) is 0.667. The third kappa shape index (κ3) is 2.37. The van der Waals surface area contributed by atoms with Gasteiger partial charge in [-0.1, -0.05) is 38.2 Å². The Morgan fingerprint density at radius 2 is 2.15 bits per heavy atom. The second-order valence-electron chi connectivity index (χ2n) is 8.49. The van der Waals surface area contributed by atoms with E-state index in [1.807, 2.05) is 19.1 Å². The second kappa shape index (κ2) is 6.27. The number of carbonyl (C=O) groups is 1. The van der Waals surface area contributed by atoms with Crippen LogP contribution in [-0.4, -0.2) is 59.4 Å². The van der Waals surface area contributed by atoms with E-state index in [0.29, 0.717) is 6.61 Å². The average Bonchev–Trinajstić information content (AvgIpc) is 3.43. The van der Waals surface area contributed by atoms with Gasteiger partial charge in [0.2, 0.25) is 0 Å². The molecule has 0 aromatic rings. The molecular weight excluding hydrogens is 348 g/mol. The zero-order valence-corrected chi connectivity index (χ0v) is 16.1. The van der Waals surface area contributed by atoms with Crippen molar-refractivity contribution in [2.75, 3.05) is 13.2 Å². The van der Waals surface area contributed by atoms with Crippen LogP contribution in [0, 0.1) is 10.8 Å². The summed E-state index contributed by atoms with van der Waals surface area (Å²) in [7, 11) is 0. The largest absolute Gasteiger partial charge is 0.456 e. The molecule has 1 spiro atoms. The summed E-state index contributed by atoms with van der Waals surface area (Å²) in [5.74, 6) is -0.482. The monoisotopic (exact) mass is 376 g/mol. The van der Waals surface area contributed by atoms with E-state index in [1.165, 1.54) is 6.08 Å². The summed E-state index contributed by atoms with van der Waals surface area (Å²) in [6, 6.07) is 0. The van der Waals surface area contributed by atoms with E-state index in [4.69, 9.17) is 14.2 Å². The van der Waals surface area contributed by atoms with E-state index in [9.17, 15) is 15.0 Å². The molecule has 2 N–H and O–H groups in total. The summed E-state index contributed by atoms with van der Waals surface area (Å²) in [6.45, 7) is 6.55. The smallest absolute Gasteiger partial charge is 0.331 e. The molecule has 2 heterocycles. The molecule has 7 atom stereocenters. The third-order valence-electron chi connectivity index (χ3n) is 7.43. The van der Waals surface area contributed by atoms with Crippen molar-refractivity contribution >= 4 is 5.97 Å². The molecule has 0 amide bonds. The highest BCUT2D eigenvalue weighted by molar-refractivity contribution is 5.82. The van der Waals surface area contributed by atoms with Crippen LogP contribution in [0.1, 0.15) is 33.6 Å². The predicted molar refractivity (Wildman–Crippen MR) is 97.8 cm³/mol. The number of esters is 1. The number of hydrogen-bond acceptors (Lipinski definition) is 6. The van der Waals surface area contributed by atoms with Crippen molar-refractivity contribution < 1.29 is 29.2 Å². The highest BCUT2D eigenvalue weighted by Gasteiger charge is 2.84. The molecule has 6 nitrogen and oxygen atoms in total. The van der Waals surface area contributed by atoms with E-state index in [2.05, 4.69) is 13.8 Å². The van der Waals surface area contributed by atoms with Crippen LogP contribution in [0.2, 0.25) is 0 Å². The summed E-state index contributed by atoms with van der Waals surface area (Å²) in [5, 5.41) is 20.6. The van der Waals surface area contributed by atoms with Crippen LogP contribution < -0.4 is 0 Å². The maximum absolute atomic E-state index is 12.4. The van der Waals surface area contributed by atoms with Crippen molar-refractivity contribution in [3.05, 3.63) is 36.0 Å². The summed E-state index contributed by atoms with van der Waals surface area (Å²) < 4.78 is 18.0. The lowest BCUT2D eigenvalue weighted by Gasteiger charge is -2.57. The highest BCUT2D eigenvalue weighted by Crippen LogP contribution is 2.71. The standard InChI is InChI=1S/C21H28O6/c1-4-5-6-7-15(23)27-17-16(24)18-21(12-25-21)20(17,3)19(2)9-8-13(11-22)10-14(19)26-18/h4-7,10,14,16-18,22,24H,8-9,11-12H2,1-3H3/b5-4+,7-6-/t14-,16-,17-,18-,19+,20-,21+/m1/s1. The summed E-state index contributed by atoms with van der Waals surface area (Å²) in [5.41, 5.74) is -0.645. The van der Waals surface area contributed by atoms with Gasteiger partial charge in [-0.05, 0) is 25.3 Å². The maximum Gasteiger partial charge on any atom is 0.331 e. The first kappa shape index (κ1) is 18.9. The van der Waals surface area contributed by atoms with Crippen molar-refractivity contribution in [1.82, 2.24) is 0 Å². The Morgan fingerprint density at radius 1 is 1.41 bits per heavy atom. The first-order valence-electron chi connectivity index (χ1n) is 9.62. The van der Waals surface area contributed by atoms with Crippen molar-refractivity contribution in [3.63, 3.8) is 0 Å². The van der Waals surface area contributed by atoms with Crippen molar-refractivity contribution in [2.45, 2.75) is 63.6 Å². The second-order valence-corrected chi connectivity index (χ2v) is 8.49. The van der Waals surface area contributed by atoms with Crippen LogP contribution in [0.5, 0.6) is 0 Å². The van der Waals surface area contributed by atoms with E-state index >= 15 is 0 Å². The molecule has 6 heteroatoms. The number of ether oxygens (including phenoxy) is 3. The lowest BCUT2D eigenvalue weighted by molar-refractivity contribution is -0.210. The van der Waals surface area contributed by atoms with Gasteiger partial charge in [0.25, 0.3) is 0 Å². The topological polar surface area (TPSA) is 88.5 Å². The fourth-order valence-corrected chi connectivity index (χ4v) is 5.53. The Morgan fingerprint density at radius 3 is 2.78 bits per heavy atom. The van der Waals surface area contributed by atoms with Gasteiger partial charge in [-0.15, -0.1) is 0 Å². The molecule has 2 aliphatic carbocycles. The Hall–Kier alpha value is -1.47. The van der Waals surface area contributed by atoms with E-state index in [0.717, 1.165) is 18.4 Å². The van der Waals surface area contributed by atoms with Gasteiger partial charge in [0, 0.05) is 16.9 Å². The van der Waals surface area contributed by atoms with Crippen LogP contribution in [0.4, 0.5) is 0 Å². The first-order valence-corrected chi connectivity index (χ1v) is 9.62. The number of epoxide rings is 1. The average molecular weight is 376 g/mol. The van der Waals surface area contributed by atoms with E-state index in [1.54, 1.807) is 12.2 Å². The number of hydrogen-bond donors (Lipinski definition) is 2. The SMILES string of the molecule is C/C=C/C=C\C(=O)O[C@@H]1[C@@H](O)[C@H]2O[C@@H]3C=C(CO)CC[C@]3(C)[C@]1(C)[C@]21CO1. The molecule has 4 aliphatic rings. The maximum atomic E-state index is 12.4. The van der Waals surface area contributed by atoms with Gasteiger partial charge >= 0.3 is 5.97 Å².